The molecule has 0 rings (SSSR count). The molecule has 0 aliphatic carbocycles. The van der Waals surface area contributed by atoms with Crippen LogP contribution >= 0.6 is 0 Å². The highest BCUT2D eigenvalue weighted by Gasteiger charge is 2.07. The molecule has 0 spiro atoms. The lowest BCUT2D eigenvalue weighted by Gasteiger charge is -1.86. The molecule has 0 saturated heterocycles. The van der Waals surface area contributed by atoms with Gasteiger partial charge in [0.25, 0.3) is 0 Å². The summed E-state index contributed by atoms with van der Waals surface area (Å²) in [7, 11) is 0.140. The minimum atomic E-state index is -1.53. The van der Waals surface area contributed by atoms with E-state index in [0.717, 1.165) is 0 Å². The second-order valence-corrected chi connectivity index (χ2v) is 1.20. The normalized spacial score (nSPS) is 8.00. The minimum absolute atomic E-state index is 0.140. The van der Waals surface area contributed by atoms with Crippen LogP contribution in [0.5, 0.6) is 0 Å². The molecule has 1 N–H and O–H groups in total. The summed E-state index contributed by atoms with van der Waals surface area (Å²) in [5.41, 5.74) is 0. The van der Waals surface area contributed by atoms with Crippen LogP contribution in [0, 0.1) is 0 Å². The van der Waals surface area contributed by atoms with Crippen LogP contribution in [0.1, 0.15) is 0 Å². The summed E-state index contributed by atoms with van der Waals surface area (Å²) in [6.07, 6.45) is 0. The van der Waals surface area contributed by atoms with Crippen LogP contribution in [0.2, 0.25) is 0 Å². The van der Waals surface area contributed by atoms with Gasteiger partial charge in [-0.05, 0) is 0 Å². The van der Waals surface area contributed by atoms with Gasteiger partial charge < -0.3 is 9.53 Å². The number of hydrogen-bond donors (Lipinski definition) is 1. The molecule has 0 fully saturated rings. The fraction of sp³-hybridized carbons (Fsp3) is 0. The van der Waals surface area contributed by atoms with Crippen LogP contribution in [-0.4, -0.2) is 27.5 Å². The monoisotopic (exact) mass is 120 g/mol. The van der Waals surface area contributed by atoms with E-state index < -0.39 is 11.9 Å². The molecule has 7 heavy (non-hydrogen) atoms. The Balaban J connectivity index is 3.58. The van der Waals surface area contributed by atoms with Crippen molar-refractivity contribution in [2.24, 2.45) is 0 Å². The Hall–Kier alpha value is -0.843. The van der Waals surface area contributed by atoms with Gasteiger partial charge in [-0.1, -0.05) is 0 Å². The van der Waals surface area contributed by atoms with Gasteiger partial charge in [-0.25, -0.2) is 9.59 Å². The fourth-order valence-corrected chi connectivity index (χ4v) is 0.262. The second-order valence-electron chi connectivity index (χ2n) is 0.797. The molecule has 4 nitrogen and oxygen atoms in total. The number of carboxylic acid groups (broad SMARTS) is 1. The Morgan fingerprint density at radius 3 is 2.00 bits per heavy atom. The Labute approximate surface area is 42.6 Å². The van der Waals surface area contributed by atoms with Crippen molar-refractivity contribution in [2.75, 3.05) is 0 Å². The first-order chi connectivity index (χ1) is 3.18. The van der Waals surface area contributed by atoms with E-state index >= 15 is 0 Å². The maximum Gasteiger partial charge on any atom is 0.413 e. The molecule has 0 aromatic carbocycles. The summed E-state index contributed by atoms with van der Waals surface area (Å²) in [4.78, 5) is 19.2. The number of carboxylic acids is 1. The van der Waals surface area contributed by atoms with Crippen LogP contribution in [0.3, 0.4) is 0 Å². The summed E-state index contributed by atoms with van der Waals surface area (Å²) in [6.45, 7) is 0. The lowest BCUT2D eigenvalue weighted by molar-refractivity contribution is -0.157. The summed E-state index contributed by atoms with van der Waals surface area (Å²) >= 11 is 0. The summed E-state index contributed by atoms with van der Waals surface area (Å²) in [6, 6.07) is 0. The molecule has 0 unspecified atom stereocenters. The van der Waals surface area contributed by atoms with Gasteiger partial charge in [-0.2, -0.15) is 0 Å². The van der Waals surface area contributed by atoms with Gasteiger partial charge in [0.15, 0.2) is 0 Å². The predicted molar refractivity (Wildman–Crippen MR) is 23.7 cm³/mol. The maximum atomic E-state index is 9.72. The van der Waals surface area contributed by atoms with Crippen molar-refractivity contribution in [3.63, 3.8) is 0 Å². The van der Waals surface area contributed by atoms with Crippen molar-refractivity contribution >= 4 is 22.4 Å². The largest absolute Gasteiger partial charge is 0.521 e. The first-order valence-electron chi connectivity index (χ1n) is 1.49. The smallest absolute Gasteiger partial charge is 0.413 e. The Morgan fingerprint density at radius 1 is 1.57 bits per heavy atom. The molecular weight excluding hydrogens is 116 g/mol. The third kappa shape index (κ3) is 1.93. The van der Waals surface area contributed by atoms with E-state index in [1.807, 2.05) is 0 Å². The molecule has 0 aromatic rings. The molecule has 40 valence electrons. The van der Waals surface area contributed by atoms with Gasteiger partial charge in [0.05, 0.1) is 0 Å². The van der Waals surface area contributed by atoms with Crippen molar-refractivity contribution in [3.05, 3.63) is 0 Å². The van der Waals surface area contributed by atoms with Crippen molar-refractivity contribution in [2.45, 2.75) is 0 Å². The van der Waals surface area contributed by atoms with Gasteiger partial charge in [0, 0.05) is 0 Å². The summed E-state index contributed by atoms with van der Waals surface area (Å²) < 4.78 is 3.91. The average molecular weight is 120 g/mol. The molecule has 0 aromatic heterocycles. The molecule has 0 saturated carbocycles. The molecule has 0 atom stereocenters. The number of rotatable bonds is 0. The van der Waals surface area contributed by atoms with Crippen LogP contribution in [0.4, 0.5) is 0 Å². The Bertz CT molecular complexity index is 97.9. The zero-order valence-electron chi connectivity index (χ0n) is 3.67. The first kappa shape index (κ1) is 6.16. The number of carbonyl (C=O) groups is 2. The van der Waals surface area contributed by atoms with E-state index in [-0.39, 0.29) is 10.5 Å². The average Bonchev–Trinajstić information content (AvgIpc) is 1.65. The number of hydrogen-bond acceptors (Lipinski definition) is 3. The van der Waals surface area contributed by atoms with E-state index in [4.69, 9.17) is 5.11 Å². The first-order valence-corrected chi connectivity index (χ1v) is 2.31. The highest BCUT2D eigenvalue weighted by molar-refractivity contribution is 6.32. The van der Waals surface area contributed by atoms with E-state index in [2.05, 4.69) is 4.43 Å². The minimum Gasteiger partial charge on any atom is -0.521 e. The molecule has 0 bridgehead atoms. The zero-order valence-corrected chi connectivity index (χ0v) is 5.67. The predicted octanol–water partition coefficient (Wildman–Crippen LogP) is -2.11. The molecule has 5 heteroatoms. The van der Waals surface area contributed by atoms with Crippen molar-refractivity contribution < 1.29 is 19.1 Å². The lowest BCUT2D eigenvalue weighted by Crippen LogP contribution is -2.14. The van der Waals surface area contributed by atoms with Gasteiger partial charge in [-0.15, -0.1) is 0 Å². The standard InChI is InChI=1S/C2H4O4Si/c3-1(4)2(5)6-7/h7H3,(H,3,4). The van der Waals surface area contributed by atoms with E-state index in [1.165, 1.54) is 0 Å². The van der Waals surface area contributed by atoms with Crippen molar-refractivity contribution in [1.82, 2.24) is 0 Å². The molecule has 0 radical (unpaired) electrons. The van der Waals surface area contributed by atoms with E-state index in [0.29, 0.717) is 0 Å². The van der Waals surface area contributed by atoms with Crippen molar-refractivity contribution in [1.29, 1.82) is 0 Å². The maximum absolute atomic E-state index is 9.72. The highest BCUT2D eigenvalue weighted by atomic mass is 28.2. The lowest BCUT2D eigenvalue weighted by atomic mass is 10.7. The van der Waals surface area contributed by atoms with Crippen LogP contribution in [-0.2, 0) is 14.0 Å². The van der Waals surface area contributed by atoms with Gasteiger partial charge in [0.2, 0.25) is 10.5 Å². The molecular formula is C2H4O4Si. The van der Waals surface area contributed by atoms with E-state index in [9.17, 15) is 9.59 Å². The third-order valence-electron chi connectivity index (χ3n) is 0.360. The van der Waals surface area contributed by atoms with Crippen molar-refractivity contribution in [3.8, 4) is 0 Å². The summed E-state index contributed by atoms with van der Waals surface area (Å²) in [5.74, 6) is -2.71. The van der Waals surface area contributed by atoms with E-state index in [1.54, 1.807) is 0 Å². The quantitative estimate of drug-likeness (QED) is 0.293. The number of carbonyl (C=O) groups excluding carboxylic acids is 1. The SMILES string of the molecule is O=C(O)C(=O)O[SiH3]. The van der Waals surface area contributed by atoms with Crippen LogP contribution < -0.4 is 0 Å². The van der Waals surface area contributed by atoms with Crippen LogP contribution in [0.15, 0.2) is 0 Å². The van der Waals surface area contributed by atoms with Crippen LogP contribution in [0.25, 0.3) is 0 Å². The van der Waals surface area contributed by atoms with Gasteiger partial charge in [0.1, 0.15) is 0 Å². The molecule has 0 aliphatic rings. The van der Waals surface area contributed by atoms with Gasteiger partial charge >= 0.3 is 11.9 Å². The summed E-state index contributed by atoms with van der Waals surface area (Å²) in [5, 5.41) is 7.73. The molecule has 0 heterocycles. The third-order valence-corrected chi connectivity index (χ3v) is 0.731. The topological polar surface area (TPSA) is 63.6 Å². The second kappa shape index (κ2) is 2.35. The Morgan fingerprint density at radius 2 is 2.00 bits per heavy atom. The zero-order chi connectivity index (χ0) is 5.86. The molecule has 0 aliphatic heterocycles. The fourth-order valence-electron chi connectivity index (χ4n) is 0.0873. The number of aliphatic carboxylic acids is 1. The Kier molecular flexibility index (Phi) is 2.07. The highest BCUT2D eigenvalue weighted by Crippen LogP contribution is 1.67. The van der Waals surface area contributed by atoms with Gasteiger partial charge in [-0.3, -0.25) is 0 Å². The molecule has 0 amide bonds.